The van der Waals surface area contributed by atoms with E-state index in [1.54, 1.807) is 12.4 Å². The van der Waals surface area contributed by atoms with Crippen molar-refractivity contribution in [3.05, 3.63) is 48.0 Å². The minimum atomic E-state index is -0.0553. The molecular weight excluding hydrogens is 304 g/mol. The third-order valence-corrected chi connectivity index (χ3v) is 4.07. The standard InChI is InChI=1S/C18H22N4O2/c1-3-24-17-7-5-4-6-16(17)21-8-10-22(11-9-21)18(23)15-13-19-14(2)12-20-15/h4-7,12-13H,3,8-11H2,1-2H3. The Bertz CT molecular complexity index is 694. The summed E-state index contributed by atoms with van der Waals surface area (Å²) in [5.74, 6) is 0.837. The summed E-state index contributed by atoms with van der Waals surface area (Å²) in [6.07, 6.45) is 3.18. The van der Waals surface area contributed by atoms with E-state index < -0.39 is 0 Å². The van der Waals surface area contributed by atoms with E-state index in [1.807, 2.05) is 36.9 Å². The van der Waals surface area contributed by atoms with Crippen LogP contribution in [0, 0.1) is 6.92 Å². The van der Waals surface area contributed by atoms with E-state index in [9.17, 15) is 4.79 Å². The van der Waals surface area contributed by atoms with Crippen molar-refractivity contribution in [2.75, 3.05) is 37.7 Å². The summed E-state index contributed by atoms with van der Waals surface area (Å²) >= 11 is 0. The van der Waals surface area contributed by atoms with Crippen LogP contribution in [-0.4, -0.2) is 53.6 Å². The maximum absolute atomic E-state index is 12.5. The summed E-state index contributed by atoms with van der Waals surface area (Å²) in [5, 5.41) is 0. The monoisotopic (exact) mass is 326 g/mol. The number of piperazine rings is 1. The molecule has 3 rings (SSSR count). The van der Waals surface area contributed by atoms with Gasteiger partial charge in [-0.15, -0.1) is 0 Å². The molecule has 1 aliphatic rings. The Morgan fingerprint density at radius 2 is 1.88 bits per heavy atom. The van der Waals surface area contributed by atoms with E-state index in [0.717, 1.165) is 30.2 Å². The molecule has 0 atom stereocenters. The molecule has 0 bridgehead atoms. The third kappa shape index (κ3) is 3.48. The first-order valence-electron chi connectivity index (χ1n) is 8.23. The van der Waals surface area contributed by atoms with Crippen LogP contribution in [0.4, 0.5) is 5.69 Å². The van der Waals surface area contributed by atoms with Crippen molar-refractivity contribution in [2.24, 2.45) is 0 Å². The van der Waals surface area contributed by atoms with Crippen molar-refractivity contribution in [1.82, 2.24) is 14.9 Å². The Morgan fingerprint density at radius 1 is 1.12 bits per heavy atom. The van der Waals surface area contributed by atoms with Gasteiger partial charge < -0.3 is 14.5 Å². The molecule has 1 aliphatic heterocycles. The molecule has 0 saturated carbocycles. The largest absolute Gasteiger partial charge is 0.492 e. The topological polar surface area (TPSA) is 58.6 Å². The maximum atomic E-state index is 12.5. The molecule has 6 nitrogen and oxygen atoms in total. The molecule has 1 fully saturated rings. The highest BCUT2D eigenvalue weighted by atomic mass is 16.5. The van der Waals surface area contributed by atoms with E-state index in [-0.39, 0.29) is 5.91 Å². The van der Waals surface area contributed by atoms with Crippen molar-refractivity contribution in [3.8, 4) is 5.75 Å². The second kappa shape index (κ2) is 7.29. The smallest absolute Gasteiger partial charge is 0.274 e. The second-order valence-corrected chi connectivity index (χ2v) is 5.72. The number of anilines is 1. The Morgan fingerprint density at radius 3 is 2.54 bits per heavy atom. The zero-order valence-electron chi connectivity index (χ0n) is 14.1. The van der Waals surface area contributed by atoms with Crippen LogP contribution in [0.15, 0.2) is 36.7 Å². The van der Waals surface area contributed by atoms with Crippen molar-refractivity contribution >= 4 is 11.6 Å². The normalized spacial score (nSPS) is 14.6. The Kier molecular flexibility index (Phi) is 4.93. The molecule has 126 valence electrons. The molecule has 2 aromatic rings. The van der Waals surface area contributed by atoms with Crippen LogP contribution in [0.25, 0.3) is 0 Å². The first-order valence-corrected chi connectivity index (χ1v) is 8.23. The predicted molar refractivity (Wildman–Crippen MR) is 92.5 cm³/mol. The lowest BCUT2D eigenvalue weighted by Gasteiger charge is -2.36. The van der Waals surface area contributed by atoms with E-state index in [0.29, 0.717) is 25.4 Å². The number of carbonyl (C=O) groups is 1. The van der Waals surface area contributed by atoms with Crippen LogP contribution in [0.2, 0.25) is 0 Å². The highest BCUT2D eigenvalue weighted by molar-refractivity contribution is 5.92. The summed E-state index contributed by atoms with van der Waals surface area (Å²) in [6.45, 7) is 7.35. The quantitative estimate of drug-likeness (QED) is 0.861. The number of hydrogen-bond donors (Lipinski definition) is 0. The van der Waals surface area contributed by atoms with Crippen LogP contribution in [0.3, 0.4) is 0 Å². The van der Waals surface area contributed by atoms with E-state index in [2.05, 4.69) is 20.9 Å². The van der Waals surface area contributed by atoms with Gasteiger partial charge in [-0.3, -0.25) is 9.78 Å². The van der Waals surface area contributed by atoms with Gasteiger partial charge in [0.25, 0.3) is 5.91 Å². The van der Waals surface area contributed by atoms with Crippen LogP contribution in [0.1, 0.15) is 23.1 Å². The minimum Gasteiger partial charge on any atom is -0.492 e. The van der Waals surface area contributed by atoms with Gasteiger partial charge in [-0.05, 0) is 26.0 Å². The first-order chi connectivity index (χ1) is 11.7. The van der Waals surface area contributed by atoms with E-state index in [4.69, 9.17) is 4.74 Å². The fourth-order valence-electron chi connectivity index (χ4n) is 2.81. The van der Waals surface area contributed by atoms with Crippen molar-refractivity contribution in [3.63, 3.8) is 0 Å². The number of ether oxygens (including phenoxy) is 1. The lowest BCUT2D eigenvalue weighted by Crippen LogP contribution is -2.49. The van der Waals surface area contributed by atoms with Gasteiger partial charge in [-0.25, -0.2) is 4.98 Å². The molecular formula is C18H22N4O2. The molecule has 0 spiro atoms. The molecule has 0 radical (unpaired) electrons. The summed E-state index contributed by atoms with van der Waals surface area (Å²) in [6, 6.07) is 8.04. The summed E-state index contributed by atoms with van der Waals surface area (Å²) in [7, 11) is 0. The van der Waals surface area contributed by atoms with Crippen LogP contribution in [-0.2, 0) is 0 Å². The summed E-state index contributed by atoms with van der Waals surface area (Å²) in [4.78, 5) is 24.9. The van der Waals surface area contributed by atoms with Gasteiger partial charge >= 0.3 is 0 Å². The Hall–Kier alpha value is -2.63. The van der Waals surface area contributed by atoms with Crippen LogP contribution >= 0.6 is 0 Å². The molecule has 0 aliphatic carbocycles. The predicted octanol–water partition coefficient (Wildman–Crippen LogP) is 2.15. The van der Waals surface area contributed by atoms with E-state index in [1.165, 1.54) is 0 Å². The third-order valence-electron chi connectivity index (χ3n) is 4.07. The molecule has 1 aromatic carbocycles. The first kappa shape index (κ1) is 16.2. The number of hydrogen-bond acceptors (Lipinski definition) is 5. The number of amides is 1. The minimum absolute atomic E-state index is 0.0553. The van der Waals surface area contributed by atoms with Gasteiger partial charge in [0.15, 0.2) is 0 Å². The number of benzene rings is 1. The molecule has 1 amide bonds. The average molecular weight is 326 g/mol. The molecule has 24 heavy (non-hydrogen) atoms. The highest BCUT2D eigenvalue weighted by Gasteiger charge is 2.24. The molecule has 0 N–H and O–H groups in total. The zero-order chi connectivity index (χ0) is 16.9. The van der Waals surface area contributed by atoms with Gasteiger partial charge in [0.05, 0.1) is 24.2 Å². The summed E-state index contributed by atoms with van der Waals surface area (Å²) in [5.41, 5.74) is 2.30. The molecule has 2 heterocycles. The van der Waals surface area contributed by atoms with Crippen molar-refractivity contribution < 1.29 is 9.53 Å². The van der Waals surface area contributed by atoms with Gasteiger partial charge in [0.2, 0.25) is 0 Å². The van der Waals surface area contributed by atoms with Crippen LogP contribution in [0.5, 0.6) is 5.75 Å². The number of rotatable bonds is 4. The van der Waals surface area contributed by atoms with Gasteiger partial charge in [-0.2, -0.15) is 0 Å². The van der Waals surface area contributed by atoms with Gasteiger partial charge in [0.1, 0.15) is 11.4 Å². The molecule has 1 saturated heterocycles. The second-order valence-electron chi connectivity index (χ2n) is 5.72. The lowest BCUT2D eigenvalue weighted by molar-refractivity contribution is 0.0740. The van der Waals surface area contributed by atoms with Crippen molar-refractivity contribution in [1.29, 1.82) is 0 Å². The highest BCUT2D eigenvalue weighted by Crippen LogP contribution is 2.28. The van der Waals surface area contributed by atoms with Crippen LogP contribution < -0.4 is 9.64 Å². The zero-order valence-corrected chi connectivity index (χ0v) is 14.1. The Balaban J connectivity index is 1.65. The van der Waals surface area contributed by atoms with Gasteiger partial charge in [0, 0.05) is 32.4 Å². The summed E-state index contributed by atoms with van der Waals surface area (Å²) < 4.78 is 5.70. The van der Waals surface area contributed by atoms with Crippen molar-refractivity contribution in [2.45, 2.75) is 13.8 Å². The van der Waals surface area contributed by atoms with Gasteiger partial charge in [-0.1, -0.05) is 12.1 Å². The average Bonchev–Trinajstić information content (AvgIpc) is 2.63. The molecule has 0 unspecified atom stereocenters. The molecule has 6 heteroatoms. The number of para-hydroxylation sites is 2. The fourth-order valence-corrected chi connectivity index (χ4v) is 2.81. The number of nitrogens with zero attached hydrogens (tertiary/aromatic N) is 4. The fraction of sp³-hybridized carbons (Fsp3) is 0.389. The SMILES string of the molecule is CCOc1ccccc1N1CCN(C(=O)c2cnc(C)cn2)CC1. The Labute approximate surface area is 142 Å². The number of carbonyl (C=O) groups excluding carboxylic acids is 1. The number of aryl methyl sites for hydroxylation is 1. The maximum Gasteiger partial charge on any atom is 0.274 e. The molecule has 1 aromatic heterocycles. The van der Waals surface area contributed by atoms with E-state index >= 15 is 0 Å². The number of aromatic nitrogens is 2. The lowest BCUT2D eigenvalue weighted by atomic mass is 10.2.